The van der Waals surface area contributed by atoms with Crippen molar-refractivity contribution in [2.75, 3.05) is 0 Å². The quantitative estimate of drug-likeness (QED) is 0.832. The molecule has 2 N–H and O–H groups in total. The highest BCUT2D eigenvalue weighted by molar-refractivity contribution is 6.91. The minimum atomic E-state index is -3.76. The van der Waals surface area contributed by atoms with Crippen molar-refractivity contribution in [3.8, 4) is 0 Å². The van der Waals surface area contributed by atoms with E-state index in [1.807, 2.05) is 48.5 Å². The van der Waals surface area contributed by atoms with Gasteiger partial charge in [0.25, 0.3) is 0 Å². The Balaban J connectivity index is 2.71. The summed E-state index contributed by atoms with van der Waals surface area (Å²) in [7, 11) is -3.76. The van der Waals surface area contributed by atoms with Crippen LogP contribution >= 0.6 is 0 Å². The van der Waals surface area contributed by atoms with E-state index < -0.39 is 8.56 Å². The van der Waals surface area contributed by atoms with E-state index in [9.17, 15) is 9.59 Å². The van der Waals surface area contributed by atoms with Gasteiger partial charge in [-0.15, -0.1) is 0 Å². The predicted octanol–water partition coefficient (Wildman–Crippen LogP) is 2.82. The third kappa shape index (κ3) is 3.57. The molecular formula is C20H28O2Si. The molecular weight excluding hydrogens is 300 g/mol. The Labute approximate surface area is 141 Å². The Morgan fingerprint density at radius 1 is 0.609 bits per heavy atom. The average molecular weight is 329 g/mol. The number of hydrogen-bond acceptors (Lipinski definition) is 2. The SMILES string of the molecule is CC(C)(C)c1ccccc1[Si](O)(O)c1ccccc1C(C)(C)C. The summed E-state index contributed by atoms with van der Waals surface area (Å²) in [6.07, 6.45) is 0. The largest absolute Gasteiger partial charge is 0.404 e. The van der Waals surface area contributed by atoms with E-state index in [1.54, 1.807) is 0 Å². The Bertz CT molecular complexity index is 632. The average Bonchev–Trinajstić information content (AvgIpc) is 2.45. The summed E-state index contributed by atoms with van der Waals surface area (Å²) in [5, 5.41) is 1.37. The van der Waals surface area contributed by atoms with Crippen LogP contribution < -0.4 is 10.4 Å². The first-order valence-electron chi connectivity index (χ1n) is 8.10. The number of benzene rings is 2. The molecule has 0 radical (unpaired) electrons. The van der Waals surface area contributed by atoms with Crippen LogP contribution in [0.5, 0.6) is 0 Å². The summed E-state index contributed by atoms with van der Waals surface area (Å²) in [6.45, 7) is 12.6. The summed E-state index contributed by atoms with van der Waals surface area (Å²) >= 11 is 0. The van der Waals surface area contributed by atoms with Gasteiger partial charge in [0.05, 0.1) is 0 Å². The monoisotopic (exact) mass is 328 g/mol. The van der Waals surface area contributed by atoms with E-state index in [1.165, 1.54) is 0 Å². The normalized spacial score (nSPS) is 13.2. The van der Waals surface area contributed by atoms with Crippen LogP contribution in [0.15, 0.2) is 48.5 Å². The lowest BCUT2D eigenvalue weighted by Crippen LogP contribution is -2.62. The minimum absolute atomic E-state index is 0.142. The van der Waals surface area contributed by atoms with Crippen LogP contribution in [0.2, 0.25) is 0 Å². The zero-order valence-electron chi connectivity index (χ0n) is 15.0. The lowest BCUT2D eigenvalue weighted by molar-refractivity contribution is 0.398. The summed E-state index contributed by atoms with van der Waals surface area (Å²) in [4.78, 5) is 22.5. The van der Waals surface area contributed by atoms with Crippen LogP contribution in [0.25, 0.3) is 0 Å². The standard InChI is InChI=1S/C20H28O2Si/c1-19(2,3)15-11-7-9-13-17(15)23(21,22)18-14-10-8-12-16(18)20(4,5)6/h7-14,21-22H,1-6H3. The van der Waals surface area contributed by atoms with Crippen molar-refractivity contribution < 1.29 is 9.59 Å². The molecule has 0 aliphatic carbocycles. The molecule has 2 nitrogen and oxygen atoms in total. The number of rotatable bonds is 2. The molecule has 0 bridgehead atoms. The molecule has 0 amide bonds. The van der Waals surface area contributed by atoms with Crippen LogP contribution in [0.3, 0.4) is 0 Å². The third-order valence-corrected chi connectivity index (χ3v) is 6.60. The highest BCUT2D eigenvalue weighted by atomic mass is 28.4. The van der Waals surface area contributed by atoms with Gasteiger partial charge in [0.15, 0.2) is 0 Å². The Hall–Kier alpha value is -1.42. The molecule has 0 aromatic heterocycles. The van der Waals surface area contributed by atoms with Gasteiger partial charge in [-0.3, -0.25) is 0 Å². The Morgan fingerprint density at radius 3 is 1.22 bits per heavy atom. The maximum absolute atomic E-state index is 11.2. The van der Waals surface area contributed by atoms with Gasteiger partial charge >= 0.3 is 8.56 Å². The van der Waals surface area contributed by atoms with E-state index in [2.05, 4.69) is 41.5 Å². The molecule has 23 heavy (non-hydrogen) atoms. The maximum Gasteiger partial charge on any atom is 0.402 e. The number of hydrogen-bond donors (Lipinski definition) is 2. The molecule has 124 valence electrons. The summed E-state index contributed by atoms with van der Waals surface area (Å²) in [5.74, 6) is 0. The second kappa shape index (κ2) is 5.89. The van der Waals surface area contributed by atoms with Crippen molar-refractivity contribution in [1.82, 2.24) is 0 Å². The molecule has 0 atom stereocenters. The van der Waals surface area contributed by atoms with Crippen molar-refractivity contribution in [3.63, 3.8) is 0 Å². The van der Waals surface area contributed by atoms with E-state index in [0.717, 1.165) is 11.1 Å². The third-order valence-electron chi connectivity index (χ3n) is 4.22. The van der Waals surface area contributed by atoms with Crippen LogP contribution in [-0.2, 0) is 10.8 Å². The Kier molecular flexibility index (Phi) is 4.59. The van der Waals surface area contributed by atoms with Gasteiger partial charge in [-0.25, -0.2) is 0 Å². The minimum Gasteiger partial charge on any atom is -0.404 e. The Morgan fingerprint density at radius 2 is 0.913 bits per heavy atom. The van der Waals surface area contributed by atoms with Crippen LogP contribution in [0, 0.1) is 0 Å². The first-order chi connectivity index (χ1) is 10.5. The molecule has 3 heteroatoms. The van der Waals surface area contributed by atoms with Crippen molar-refractivity contribution in [3.05, 3.63) is 59.7 Å². The van der Waals surface area contributed by atoms with Crippen LogP contribution in [0.4, 0.5) is 0 Å². The topological polar surface area (TPSA) is 40.5 Å². The fraction of sp³-hybridized carbons (Fsp3) is 0.400. The summed E-state index contributed by atoms with van der Waals surface area (Å²) in [5.41, 5.74) is 1.72. The van der Waals surface area contributed by atoms with Crippen molar-refractivity contribution >= 4 is 18.9 Å². The van der Waals surface area contributed by atoms with Gasteiger partial charge < -0.3 is 9.59 Å². The van der Waals surface area contributed by atoms with Gasteiger partial charge in [-0.1, -0.05) is 90.1 Å². The van der Waals surface area contributed by atoms with Gasteiger partial charge in [-0.2, -0.15) is 0 Å². The van der Waals surface area contributed by atoms with E-state index in [0.29, 0.717) is 10.4 Å². The lowest BCUT2D eigenvalue weighted by Gasteiger charge is -2.32. The van der Waals surface area contributed by atoms with Crippen molar-refractivity contribution in [2.45, 2.75) is 52.4 Å². The van der Waals surface area contributed by atoms with Gasteiger partial charge in [0, 0.05) is 10.4 Å². The fourth-order valence-corrected chi connectivity index (χ4v) is 5.64. The highest BCUT2D eigenvalue weighted by Gasteiger charge is 2.41. The first kappa shape index (κ1) is 17.9. The van der Waals surface area contributed by atoms with E-state index in [4.69, 9.17) is 0 Å². The maximum atomic E-state index is 11.2. The molecule has 0 unspecified atom stereocenters. The molecule has 0 heterocycles. The van der Waals surface area contributed by atoms with Gasteiger partial charge in [0.1, 0.15) is 0 Å². The zero-order valence-corrected chi connectivity index (χ0v) is 16.0. The highest BCUT2D eigenvalue weighted by Crippen LogP contribution is 2.25. The molecule has 0 aliphatic heterocycles. The molecule has 0 saturated carbocycles. The molecule has 0 saturated heterocycles. The van der Waals surface area contributed by atoms with Crippen LogP contribution in [-0.4, -0.2) is 18.2 Å². The first-order valence-corrected chi connectivity index (χ1v) is 10.00. The molecule has 2 rings (SSSR count). The lowest BCUT2D eigenvalue weighted by atomic mass is 9.87. The molecule has 0 spiro atoms. The molecule has 2 aromatic rings. The fourth-order valence-electron chi connectivity index (χ4n) is 3.03. The molecule has 2 aromatic carbocycles. The van der Waals surface area contributed by atoms with Crippen molar-refractivity contribution in [2.24, 2.45) is 0 Å². The summed E-state index contributed by atoms with van der Waals surface area (Å²) < 4.78 is 0. The second-order valence-corrected chi connectivity index (χ2v) is 10.7. The van der Waals surface area contributed by atoms with Gasteiger partial charge in [0.2, 0.25) is 0 Å². The smallest absolute Gasteiger partial charge is 0.402 e. The van der Waals surface area contributed by atoms with E-state index >= 15 is 0 Å². The summed E-state index contributed by atoms with van der Waals surface area (Å²) in [6, 6.07) is 15.4. The van der Waals surface area contributed by atoms with E-state index in [-0.39, 0.29) is 10.8 Å². The van der Waals surface area contributed by atoms with Gasteiger partial charge in [-0.05, 0) is 22.0 Å². The van der Waals surface area contributed by atoms with Crippen LogP contribution in [0.1, 0.15) is 52.7 Å². The molecule has 0 aliphatic rings. The van der Waals surface area contributed by atoms with Crippen molar-refractivity contribution in [1.29, 1.82) is 0 Å². The second-order valence-electron chi connectivity index (χ2n) is 8.26. The molecule has 0 fully saturated rings. The zero-order chi connectivity index (χ0) is 17.5. The predicted molar refractivity (Wildman–Crippen MR) is 99.7 cm³/mol.